The first-order valence-electron chi connectivity index (χ1n) is 11.8. The Kier molecular flexibility index (Phi) is 5.76. The molecule has 2 heterocycles. The predicted octanol–water partition coefficient (Wildman–Crippen LogP) is 4.63. The molecule has 0 spiro atoms. The van der Waals surface area contributed by atoms with E-state index in [1.54, 1.807) is 4.57 Å². The summed E-state index contributed by atoms with van der Waals surface area (Å²) in [5.41, 5.74) is 12.9. The highest BCUT2D eigenvalue weighted by Gasteiger charge is 2.24. The van der Waals surface area contributed by atoms with Crippen LogP contribution < -0.4 is 11.4 Å². The van der Waals surface area contributed by atoms with Crippen molar-refractivity contribution in [2.45, 2.75) is 34.2 Å². The Morgan fingerprint density at radius 3 is 2.14 bits per heavy atom. The average molecular weight is 478 g/mol. The van der Waals surface area contributed by atoms with Crippen molar-refractivity contribution >= 4 is 17.1 Å². The first-order chi connectivity index (χ1) is 17.2. The lowest BCUT2D eigenvalue weighted by Crippen LogP contribution is -2.24. The molecule has 7 nitrogen and oxygen atoms in total. The summed E-state index contributed by atoms with van der Waals surface area (Å²) in [4.78, 5) is 36.0. The number of carbonyl (C=O) groups excluding carboxylic acids is 1. The number of hydrogen-bond acceptors (Lipinski definition) is 4. The van der Waals surface area contributed by atoms with Gasteiger partial charge < -0.3 is 5.73 Å². The molecule has 0 radical (unpaired) electrons. The van der Waals surface area contributed by atoms with Crippen molar-refractivity contribution in [1.29, 1.82) is 0 Å². The summed E-state index contributed by atoms with van der Waals surface area (Å²) in [6, 6.07) is 21.3. The molecule has 0 unspecified atom stereocenters. The molecule has 0 aliphatic heterocycles. The van der Waals surface area contributed by atoms with Crippen LogP contribution in [-0.4, -0.2) is 25.0 Å². The Bertz CT molecular complexity index is 1700. The molecule has 0 atom stereocenters. The first-order valence-corrected chi connectivity index (χ1v) is 11.8. The van der Waals surface area contributed by atoms with Gasteiger partial charge in [0.2, 0.25) is 0 Å². The minimum absolute atomic E-state index is 0.0174. The average Bonchev–Trinajstić information content (AvgIpc) is 3.13. The molecular formula is C29H27N5O2. The number of nitrogens with two attached hydrogens (primary N) is 1. The quantitative estimate of drug-likeness (QED) is 0.399. The van der Waals surface area contributed by atoms with Crippen molar-refractivity contribution in [3.63, 3.8) is 0 Å². The van der Waals surface area contributed by atoms with E-state index in [9.17, 15) is 9.59 Å². The molecule has 0 fully saturated rings. The van der Waals surface area contributed by atoms with Crippen molar-refractivity contribution < 1.29 is 4.79 Å². The van der Waals surface area contributed by atoms with E-state index in [-0.39, 0.29) is 17.9 Å². The van der Waals surface area contributed by atoms with Crippen molar-refractivity contribution in [3.8, 4) is 17.1 Å². The Morgan fingerprint density at radius 2 is 1.50 bits per heavy atom. The number of benzene rings is 3. The fourth-order valence-corrected chi connectivity index (χ4v) is 4.35. The number of rotatable bonds is 5. The largest absolute Gasteiger partial charge is 0.364 e. The zero-order valence-corrected chi connectivity index (χ0v) is 20.7. The molecule has 36 heavy (non-hydrogen) atoms. The normalized spacial score (nSPS) is 11.2. The number of nitrogens with zero attached hydrogens (tertiary/aromatic N) is 4. The maximum atomic E-state index is 13.9. The van der Waals surface area contributed by atoms with E-state index in [1.165, 1.54) is 4.57 Å². The number of hydrogen-bond donors (Lipinski definition) is 1. The van der Waals surface area contributed by atoms with Crippen LogP contribution in [0.15, 0.2) is 71.5 Å². The second-order valence-corrected chi connectivity index (χ2v) is 9.19. The first kappa shape index (κ1) is 23.2. The summed E-state index contributed by atoms with van der Waals surface area (Å²) >= 11 is 0. The molecule has 5 aromatic rings. The number of imidazole rings is 1. The van der Waals surface area contributed by atoms with Crippen LogP contribution in [0.5, 0.6) is 0 Å². The monoisotopic (exact) mass is 477 g/mol. The number of amides is 1. The lowest BCUT2D eigenvalue weighted by Gasteiger charge is -2.09. The molecular weight excluding hydrogens is 450 g/mol. The zero-order valence-electron chi connectivity index (χ0n) is 20.7. The summed E-state index contributed by atoms with van der Waals surface area (Å²) < 4.78 is 3.08. The van der Waals surface area contributed by atoms with Gasteiger partial charge in [-0.25, -0.2) is 19.3 Å². The van der Waals surface area contributed by atoms with Crippen LogP contribution in [0, 0.1) is 27.7 Å². The van der Waals surface area contributed by atoms with Gasteiger partial charge in [0.1, 0.15) is 5.52 Å². The van der Waals surface area contributed by atoms with E-state index in [0.717, 1.165) is 33.4 Å². The van der Waals surface area contributed by atoms with Gasteiger partial charge in [-0.15, -0.1) is 0 Å². The van der Waals surface area contributed by atoms with E-state index < -0.39 is 5.91 Å². The maximum absolute atomic E-state index is 13.9. The molecule has 2 aromatic heterocycles. The van der Waals surface area contributed by atoms with Crippen LogP contribution in [0.3, 0.4) is 0 Å². The van der Waals surface area contributed by atoms with Crippen LogP contribution in [0.2, 0.25) is 0 Å². The second-order valence-electron chi connectivity index (χ2n) is 9.19. The molecule has 0 bridgehead atoms. The lowest BCUT2D eigenvalue weighted by atomic mass is 10.1. The molecule has 0 saturated heterocycles. The summed E-state index contributed by atoms with van der Waals surface area (Å²) in [6.45, 7) is 8.30. The van der Waals surface area contributed by atoms with Gasteiger partial charge in [0, 0.05) is 5.56 Å². The van der Waals surface area contributed by atoms with Gasteiger partial charge in [0.05, 0.1) is 12.2 Å². The Labute approximate surface area is 208 Å². The fourth-order valence-electron chi connectivity index (χ4n) is 4.35. The number of aromatic nitrogens is 4. The third-order valence-electron chi connectivity index (χ3n) is 6.70. The Balaban J connectivity index is 1.87. The number of fused-ring (bicyclic) bond motifs is 1. The zero-order chi connectivity index (χ0) is 25.6. The SMILES string of the molecule is Cc1ccc(-c2nc(C(N)=O)c3c(n2)n(-c2ccc(C)c(C)c2)c(=O)n3Cc2ccccc2)cc1C. The molecule has 5 rings (SSSR count). The number of primary amides is 1. The van der Waals surface area contributed by atoms with Gasteiger partial charge in [-0.1, -0.05) is 48.5 Å². The van der Waals surface area contributed by atoms with Crippen molar-refractivity contribution in [2.24, 2.45) is 5.73 Å². The Hall–Kier alpha value is -4.52. The number of aryl methyl sites for hydroxylation is 4. The molecule has 0 aliphatic carbocycles. The van der Waals surface area contributed by atoms with Crippen LogP contribution in [0.4, 0.5) is 0 Å². The highest BCUT2D eigenvalue weighted by Crippen LogP contribution is 2.26. The minimum Gasteiger partial charge on any atom is -0.364 e. The smallest absolute Gasteiger partial charge is 0.335 e. The highest BCUT2D eigenvalue weighted by atomic mass is 16.2. The fraction of sp³-hybridized carbons (Fsp3) is 0.172. The van der Waals surface area contributed by atoms with E-state index in [0.29, 0.717) is 22.7 Å². The molecule has 0 aliphatic rings. The van der Waals surface area contributed by atoms with Crippen LogP contribution in [0.25, 0.3) is 28.2 Å². The van der Waals surface area contributed by atoms with Crippen LogP contribution >= 0.6 is 0 Å². The second kappa shape index (κ2) is 8.92. The van der Waals surface area contributed by atoms with E-state index in [2.05, 4.69) is 4.98 Å². The molecule has 180 valence electrons. The van der Waals surface area contributed by atoms with Gasteiger partial charge in [0.25, 0.3) is 5.91 Å². The molecule has 3 aromatic carbocycles. The van der Waals surface area contributed by atoms with Crippen molar-refractivity contribution in [3.05, 3.63) is 111 Å². The number of carbonyl (C=O) groups is 1. The van der Waals surface area contributed by atoms with Gasteiger partial charge >= 0.3 is 5.69 Å². The van der Waals surface area contributed by atoms with Gasteiger partial charge in [-0.3, -0.25) is 9.36 Å². The third-order valence-corrected chi connectivity index (χ3v) is 6.70. The van der Waals surface area contributed by atoms with Gasteiger partial charge in [-0.2, -0.15) is 0 Å². The summed E-state index contributed by atoms with van der Waals surface area (Å²) in [6.07, 6.45) is 0. The van der Waals surface area contributed by atoms with Gasteiger partial charge in [0.15, 0.2) is 17.2 Å². The van der Waals surface area contributed by atoms with Gasteiger partial charge in [-0.05, 0) is 73.7 Å². The Morgan fingerprint density at radius 1 is 0.833 bits per heavy atom. The van der Waals surface area contributed by atoms with E-state index >= 15 is 0 Å². The highest BCUT2D eigenvalue weighted by molar-refractivity contribution is 6.02. The maximum Gasteiger partial charge on any atom is 0.335 e. The van der Waals surface area contributed by atoms with Crippen molar-refractivity contribution in [2.75, 3.05) is 0 Å². The minimum atomic E-state index is -0.716. The van der Waals surface area contributed by atoms with E-state index in [1.807, 2.05) is 94.4 Å². The predicted molar refractivity (Wildman–Crippen MR) is 142 cm³/mol. The standard InChI is InChI=1S/C29H27N5O2/c1-17-10-12-22(14-19(17)3)27-31-24(26(30)35)25-28(32-27)34(23-13-11-18(2)20(4)15-23)29(36)33(25)16-21-8-6-5-7-9-21/h5-15H,16H2,1-4H3,(H2,30,35). The molecule has 2 N–H and O–H groups in total. The molecule has 1 amide bonds. The van der Waals surface area contributed by atoms with Crippen LogP contribution in [-0.2, 0) is 6.54 Å². The summed E-state index contributed by atoms with van der Waals surface area (Å²) in [7, 11) is 0. The topological polar surface area (TPSA) is 95.8 Å². The molecule has 7 heteroatoms. The van der Waals surface area contributed by atoms with Crippen molar-refractivity contribution in [1.82, 2.24) is 19.1 Å². The van der Waals surface area contributed by atoms with E-state index in [4.69, 9.17) is 10.7 Å². The third kappa shape index (κ3) is 3.98. The lowest BCUT2D eigenvalue weighted by molar-refractivity contribution is 0.0997. The van der Waals surface area contributed by atoms with Crippen LogP contribution in [0.1, 0.15) is 38.3 Å². The summed E-state index contributed by atoms with van der Waals surface area (Å²) in [5, 5.41) is 0. The molecule has 0 saturated carbocycles. The summed E-state index contributed by atoms with van der Waals surface area (Å²) in [5.74, 6) is -0.375.